The maximum absolute atomic E-state index is 13.8. The molecule has 47 heavy (non-hydrogen) atoms. The number of hydrogen-bond acceptors (Lipinski definition) is 8. The van der Waals surface area contributed by atoms with Gasteiger partial charge in [0.05, 0.1) is 5.69 Å². The molecule has 4 rings (SSSR count). The van der Waals surface area contributed by atoms with Gasteiger partial charge >= 0.3 is 12.1 Å². The first-order valence-corrected chi connectivity index (χ1v) is 15.8. The van der Waals surface area contributed by atoms with Gasteiger partial charge in [0.15, 0.2) is 6.10 Å². The summed E-state index contributed by atoms with van der Waals surface area (Å²) in [5.41, 5.74) is -0.939. The number of esters is 1. The van der Waals surface area contributed by atoms with Crippen molar-refractivity contribution < 1.29 is 42.1 Å². The number of nitrogens with one attached hydrogen (secondary N) is 1. The molecule has 1 fully saturated rings. The molecule has 2 aromatic carbocycles. The third-order valence-electron chi connectivity index (χ3n) is 7.80. The quantitative estimate of drug-likeness (QED) is 0.144. The van der Waals surface area contributed by atoms with E-state index in [1.165, 1.54) is 6.92 Å². The second-order valence-electron chi connectivity index (χ2n) is 11.4. The minimum Gasteiger partial charge on any atom is -0.507 e. The van der Waals surface area contributed by atoms with Gasteiger partial charge in [-0.1, -0.05) is 44.9 Å². The highest BCUT2D eigenvalue weighted by Gasteiger charge is 2.39. The van der Waals surface area contributed by atoms with Crippen molar-refractivity contribution in [3.8, 4) is 17.2 Å². The van der Waals surface area contributed by atoms with Crippen molar-refractivity contribution in [1.82, 2.24) is 9.88 Å². The monoisotopic (exact) mass is 655 g/mol. The Hall–Kier alpha value is -4.61. The van der Waals surface area contributed by atoms with Crippen LogP contribution in [0.4, 0.5) is 13.2 Å². The van der Waals surface area contributed by atoms with Crippen LogP contribution < -0.4 is 9.47 Å². The molecule has 2 atom stereocenters. The smallest absolute Gasteiger partial charge is 0.433 e. The molecule has 2 N–H and O–H groups in total. The summed E-state index contributed by atoms with van der Waals surface area (Å²) in [5.74, 6) is -1.43. The minimum absolute atomic E-state index is 0.0425. The fourth-order valence-electron chi connectivity index (χ4n) is 5.43. The number of rotatable bonds is 14. The Labute approximate surface area is 272 Å². The van der Waals surface area contributed by atoms with Gasteiger partial charge in [0.2, 0.25) is 6.10 Å². The zero-order chi connectivity index (χ0) is 34.1. The summed E-state index contributed by atoms with van der Waals surface area (Å²) in [6, 6.07) is 13.0. The summed E-state index contributed by atoms with van der Waals surface area (Å²) in [7, 11) is 0. The van der Waals surface area contributed by atoms with Gasteiger partial charge < -0.3 is 24.2 Å². The molecule has 9 nitrogen and oxygen atoms in total. The lowest BCUT2D eigenvalue weighted by molar-refractivity contribution is -0.164. The zero-order valence-electron chi connectivity index (χ0n) is 26.7. The Balaban J connectivity index is 1.72. The van der Waals surface area contributed by atoms with Crippen molar-refractivity contribution in [2.75, 3.05) is 13.1 Å². The van der Waals surface area contributed by atoms with E-state index in [2.05, 4.69) is 4.98 Å². The molecule has 1 aliphatic heterocycles. The van der Waals surface area contributed by atoms with Crippen molar-refractivity contribution in [3.05, 3.63) is 82.7 Å². The number of likely N-dealkylation sites (tertiary alicyclic amines) is 1. The lowest BCUT2D eigenvalue weighted by Gasteiger charge is -2.26. The average molecular weight is 656 g/mol. The van der Waals surface area contributed by atoms with Crippen LogP contribution in [0.1, 0.15) is 80.5 Å². The average Bonchev–Trinajstić information content (AvgIpc) is 3.60. The number of hydrogen-bond donors (Lipinski definition) is 2. The summed E-state index contributed by atoms with van der Waals surface area (Å²) in [6.45, 7) is 6.44. The first kappa shape index (κ1) is 35.2. The molecule has 0 radical (unpaired) electrons. The third kappa shape index (κ3) is 8.81. The van der Waals surface area contributed by atoms with Crippen LogP contribution in [0.2, 0.25) is 0 Å². The Morgan fingerprint density at radius 3 is 2.32 bits per heavy atom. The zero-order valence-corrected chi connectivity index (χ0v) is 26.7. The van der Waals surface area contributed by atoms with E-state index in [4.69, 9.17) is 19.6 Å². The van der Waals surface area contributed by atoms with E-state index in [1.807, 2.05) is 19.1 Å². The van der Waals surface area contributed by atoms with Crippen molar-refractivity contribution >= 4 is 17.6 Å². The number of carbonyl (C=O) groups excluding carboxylic acids is 2. The molecular weight excluding hydrogens is 615 g/mol. The number of phenolic OH excluding ortho intramolecular Hbond substituents is 1. The van der Waals surface area contributed by atoms with Crippen LogP contribution >= 0.6 is 0 Å². The number of carbonyl (C=O) groups is 2. The number of alkyl halides is 3. The van der Waals surface area contributed by atoms with Crippen LogP contribution in [0.15, 0.2) is 54.7 Å². The Morgan fingerprint density at radius 1 is 1.04 bits per heavy atom. The van der Waals surface area contributed by atoms with Crippen LogP contribution in [-0.2, 0) is 33.8 Å². The number of benzene rings is 2. The summed E-state index contributed by atoms with van der Waals surface area (Å²) < 4.78 is 58.6. The largest absolute Gasteiger partial charge is 0.507 e. The summed E-state index contributed by atoms with van der Waals surface area (Å²) in [4.78, 5) is 32.6. The molecule has 1 aliphatic rings. The number of aryl methyl sites for hydroxylation is 1. The molecule has 1 saturated heterocycles. The van der Waals surface area contributed by atoms with Crippen LogP contribution in [0, 0.1) is 5.41 Å². The van der Waals surface area contributed by atoms with Gasteiger partial charge in [-0.05, 0) is 68.5 Å². The highest BCUT2D eigenvalue weighted by Crippen LogP contribution is 2.41. The number of amides is 1. The SMILES string of the molecule is CCCc1cc(C(=N)C(F)(F)F)c(O)c(CCC)c1OC(C(=O)OC(C)C(=O)N1CCCC1)c1ccc(OCc2ccccn2)cc1. The molecule has 0 saturated carbocycles. The standard InChI is InChI=1S/C35H40F3N3O6/c1-4-10-24-20-28(32(39)35(36,37)38)29(42)27(11-5-2)30(24)47-31(34(44)46-22(3)33(43)41-18-8-9-19-41)23-13-15-26(16-14-23)45-21-25-12-6-7-17-40-25/h6-7,12-17,20,22,31,39,42H,4-5,8-11,18-19,21H2,1-3H3. The first-order valence-electron chi connectivity index (χ1n) is 15.8. The van der Waals surface area contributed by atoms with Crippen LogP contribution in [-0.4, -0.2) is 57.9 Å². The number of aromatic nitrogens is 1. The van der Waals surface area contributed by atoms with Gasteiger partial charge in [0.1, 0.15) is 29.6 Å². The molecule has 0 spiro atoms. The van der Waals surface area contributed by atoms with Gasteiger partial charge in [-0.2, -0.15) is 13.2 Å². The van der Waals surface area contributed by atoms with E-state index in [1.54, 1.807) is 48.4 Å². The molecule has 3 aromatic rings. The van der Waals surface area contributed by atoms with Crippen LogP contribution in [0.5, 0.6) is 17.2 Å². The topological polar surface area (TPSA) is 122 Å². The number of ether oxygens (including phenoxy) is 3. The Kier molecular flexibility index (Phi) is 11.8. The maximum Gasteiger partial charge on any atom is 0.433 e. The van der Waals surface area contributed by atoms with Gasteiger partial charge in [0, 0.05) is 36.0 Å². The molecule has 12 heteroatoms. The molecule has 2 heterocycles. The second-order valence-corrected chi connectivity index (χ2v) is 11.4. The summed E-state index contributed by atoms with van der Waals surface area (Å²) >= 11 is 0. The second kappa shape index (κ2) is 15.8. The molecular formula is C35H40F3N3O6. The van der Waals surface area contributed by atoms with E-state index in [-0.39, 0.29) is 36.7 Å². The molecule has 252 valence electrons. The maximum atomic E-state index is 13.8. The summed E-state index contributed by atoms with van der Waals surface area (Å²) in [5, 5.41) is 18.8. The highest BCUT2D eigenvalue weighted by atomic mass is 19.4. The lowest BCUT2D eigenvalue weighted by Crippen LogP contribution is -2.39. The van der Waals surface area contributed by atoms with Crippen molar-refractivity contribution in [3.63, 3.8) is 0 Å². The predicted octanol–water partition coefficient (Wildman–Crippen LogP) is 6.88. The Morgan fingerprint density at radius 2 is 1.72 bits per heavy atom. The van der Waals surface area contributed by atoms with E-state index in [0.29, 0.717) is 48.5 Å². The van der Waals surface area contributed by atoms with Gasteiger partial charge in [-0.25, -0.2) is 4.79 Å². The number of aromatic hydroxyl groups is 1. The summed E-state index contributed by atoms with van der Waals surface area (Å²) in [6.07, 6.45) is -2.89. The van der Waals surface area contributed by atoms with E-state index in [0.717, 1.165) is 18.9 Å². The van der Waals surface area contributed by atoms with E-state index >= 15 is 0 Å². The van der Waals surface area contributed by atoms with Crippen molar-refractivity contribution in [1.29, 1.82) is 5.41 Å². The molecule has 0 bridgehead atoms. The lowest BCUT2D eigenvalue weighted by atomic mass is 9.94. The van der Waals surface area contributed by atoms with Crippen LogP contribution in [0.3, 0.4) is 0 Å². The van der Waals surface area contributed by atoms with Gasteiger partial charge in [-0.15, -0.1) is 0 Å². The fraction of sp³-hybridized carbons (Fsp3) is 0.429. The number of pyridine rings is 1. The highest BCUT2D eigenvalue weighted by molar-refractivity contribution is 6.05. The molecule has 2 unspecified atom stereocenters. The fourth-order valence-corrected chi connectivity index (χ4v) is 5.43. The molecule has 1 aromatic heterocycles. The number of nitrogens with zero attached hydrogens (tertiary/aromatic N) is 2. The van der Waals surface area contributed by atoms with E-state index < -0.39 is 41.4 Å². The van der Waals surface area contributed by atoms with E-state index in [9.17, 15) is 27.9 Å². The number of halogens is 3. The predicted molar refractivity (Wildman–Crippen MR) is 169 cm³/mol. The van der Waals surface area contributed by atoms with Crippen molar-refractivity contribution in [2.24, 2.45) is 0 Å². The van der Waals surface area contributed by atoms with Gasteiger partial charge in [0.25, 0.3) is 5.91 Å². The van der Waals surface area contributed by atoms with Crippen LogP contribution in [0.25, 0.3) is 0 Å². The molecule has 1 amide bonds. The third-order valence-corrected chi connectivity index (χ3v) is 7.80. The van der Waals surface area contributed by atoms with Gasteiger partial charge in [-0.3, -0.25) is 15.2 Å². The normalized spacial score (nSPS) is 14.4. The Bertz CT molecular complexity index is 1540. The molecule has 0 aliphatic carbocycles. The first-order chi connectivity index (χ1) is 22.4. The van der Waals surface area contributed by atoms with Crippen molar-refractivity contribution in [2.45, 2.75) is 84.3 Å². The minimum atomic E-state index is -4.99. The number of phenols is 1.